The zero-order valence-corrected chi connectivity index (χ0v) is 24.9. The Morgan fingerprint density at radius 1 is 0.854 bits per heavy atom. The van der Waals surface area contributed by atoms with Crippen molar-refractivity contribution in [3.05, 3.63) is 77.8 Å². The van der Waals surface area contributed by atoms with Crippen LogP contribution in [0.15, 0.2) is 82.6 Å². The van der Waals surface area contributed by atoms with E-state index in [0.29, 0.717) is 29.6 Å². The summed E-state index contributed by atoms with van der Waals surface area (Å²) < 4.78 is 65.8. The van der Waals surface area contributed by atoms with Crippen LogP contribution in [0.4, 0.5) is 5.69 Å². The monoisotopic (exact) mass is 621 g/mol. The number of carbonyl (C=O) groups is 1. The van der Waals surface area contributed by atoms with Crippen LogP contribution in [0.3, 0.4) is 0 Å². The predicted octanol–water partition coefficient (Wildman–Crippen LogP) is 3.91. The highest BCUT2D eigenvalue weighted by molar-refractivity contribution is 7.92. The van der Waals surface area contributed by atoms with Gasteiger partial charge in [-0.05, 0) is 85.6 Å². The van der Waals surface area contributed by atoms with Crippen LogP contribution in [0.1, 0.15) is 19.3 Å². The first-order valence-electron chi connectivity index (χ1n) is 13.0. The predicted molar refractivity (Wildman–Crippen MR) is 157 cm³/mol. The molecule has 220 valence electrons. The van der Waals surface area contributed by atoms with Gasteiger partial charge in [-0.15, -0.1) is 0 Å². The van der Waals surface area contributed by atoms with Crippen LogP contribution in [0, 0.1) is 0 Å². The second kappa shape index (κ2) is 13.6. The molecule has 1 aliphatic heterocycles. The second-order valence-corrected chi connectivity index (χ2v) is 13.5. The van der Waals surface area contributed by atoms with Gasteiger partial charge >= 0.3 is 0 Å². The molecule has 1 saturated heterocycles. The van der Waals surface area contributed by atoms with Crippen LogP contribution in [-0.2, 0) is 24.8 Å². The van der Waals surface area contributed by atoms with Crippen molar-refractivity contribution in [1.29, 1.82) is 0 Å². The first-order chi connectivity index (χ1) is 19.6. The lowest BCUT2D eigenvalue weighted by atomic mass is 10.2. The number of nitrogens with zero attached hydrogens (tertiary/aromatic N) is 2. The Bertz CT molecular complexity index is 1530. The minimum absolute atomic E-state index is 0.00451. The molecule has 1 N–H and O–H groups in total. The summed E-state index contributed by atoms with van der Waals surface area (Å²) in [6.45, 7) is 0.771. The highest BCUT2D eigenvalue weighted by Gasteiger charge is 2.28. The van der Waals surface area contributed by atoms with Gasteiger partial charge in [0.1, 0.15) is 24.7 Å². The fourth-order valence-electron chi connectivity index (χ4n) is 4.31. The number of hydrogen-bond acceptors (Lipinski definition) is 7. The number of carbonyl (C=O) groups excluding carboxylic acids is 1. The Hall–Kier alpha value is -3.32. The third kappa shape index (κ3) is 7.70. The third-order valence-electron chi connectivity index (χ3n) is 6.52. The number of nitrogens with one attached hydrogen (secondary N) is 1. The first-order valence-corrected chi connectivity index (χ1v) is 16.3. The molecule has 0 spiro atoms. The van der Waals surface area contributed by atoms with Gasteiger partial charge < -0.3 is 14.8 Å². The maximum Gasteiger partial charge on any atom is 0.264 e. The highest BCUT2D eigenvalue weighted by atomic mass is 35.5. The molecule has 0 radical (unpaired) electrons. The highest BCUT2D eigenvalue weighted by Crippen LogP contribution is 2.26. The van der Waals surface area contributed by atoms with E-state index >= 15 is 0 Å². The molecule has 0 aliphatic carbocycles. The van der Waals surface area contributed by atoms with Crippen molar-refractivity contribution in [2.45, 2.75) is 29.1 Å². The third-order valence-corrected chi connectivity index (χ3v) is 10.5. The molecule has 41 heavy (non-hydrogen) atoms. The molecule has 0 aromatic heterocycles. The Labute approximate surface area is 245 Å². The summed E-state index contributed by atoms with van der Waals surface area (Å²) in [5, 5.41) is 3.09. The van der Waals surface area contributed by atoms with Gasteiger partial charge in [-0.3, -0.25) is 9.10 Å². The number of benzene rings is 3. The first kappa shape index (κ1) is 30.6. The van der Waals surface area contributed by atoms with Crippen molar-refractivity contribution in [3.8, 4) is 11.5 Å². The number of halogens is 1. The number of amides is 1. The number of methoxy groups -OCH3 is 1. The molecule has 0 unspecified atom stereocenters. The van der Waals surface area contributed by atoms with Crippen molar-refractivity contribution in [2.24, 2.45) is 0 Å². The minimum Gasteiger partial charge on any atom is -0.497 e. The average molecular weight is 622 g/mol. The van der Waals surface area contributed by atoms with E-state index in [1.165, 1.54) is 59.9 Å². The van der Waals surface area contributed by atoms with Gasteiger partial charge in [0.2, 0.25) is 15.9 Å². The number of anilines is 1. The number of rotatable bonds is 12. The normalized spacial score (nSPS) is 14.3. The van der Waals surface area contributed by atoms with Crippen molar-refractivity contribution in [3.63, 3.8) is 0 Å². The molecule has 3 aromatic rings. The molecule has 0 atom stereocenters. The van der Waals surface area contributed by atoms with Gasteiger partial charge in [0.25, 0.3) is 10.0 Å². The van der Waals surface area contributed by atoms with Crippen molar-refractivity contribution < 1.29 is 31.1 Å². The Morgan fingerprint density at radius 2 is 1.44 bits per heavy atom. The van der Waals surface area contributed by atoms with Crippen LogP contribution in [0.25, 0.3) is 0 Å². The van der Waals surface area contributed by atoms with Crippen LogP contribution in [0.5, 0.6) is 11.5 Å². The summed E-state index contributed by atoms with van der Waals surface area (Å²) in [7, 11) is -6.15. The molecule has 10 nitrogen and oxygen atoms in total. The van der Waals surface area contributed by atoms with Crippen molar-refractivity contribution in [2.75, 3.05) is 44.2 Å². The van der Waals surface area contributed by atoms with Crippen molar-refractivity contribution >= 4 is 43.2 Å². The van der Waals surface area contributed by atoms with Gasteiger partial charge in [-0.1, -0.05) is 18.0 Å². The molecule has 1 aliphatic rings. The van der Waals surface area contributed by atoms with E-state index < -0.39 is 32.5 Å². The van der Waals surface area contributed by atoms with Crippen LogP contribution >= 0.6 is 11.6 Å². The summed E-state index contributed by atoms with van der Waals surface area (Å²) in [5.74, 6) is 0.406. The lowest BCUT2D eigenvalue weighted by molar-refractivity contribution is -0.119. The average Bonchev–Trinajstić information content (AvgIpc) is 2.99. The van der Waals surface area contributed by atoms with Gasteiger partial charge in [-0.2, -0.15) is 4.31 Å². The van der Waals surface area contributed by atoms with Crippen molar-refractivity contribution in [1.82, 2.24) is 9.62 Å². The van der Waals surface area contributed by atoms with E-state index in [4.69, 9.17) is 21.1 Å². The van der Waals surface area contributed by atoms with E-state index in [-0.39, 0.29) is 28.6 Å². The molecular weight excluding hydrogens is 590 g/mol. The number of piperidine rings is 1. The van der Waals surface area contributed by atoms with Gasteiger partial charge in [-0.25, -0.2) is 16.8 Å². The number of ether oxygens (including phenoxy) is 2. The Morgan fingerprint density at radius 3 is 2.05 bits per heavy atom. The molecular formula is C28H32ClN3O7S2. The fourth-order valence-corrected chi connectivity index (χ4v) is 7.37. The summed E-state index contributed by atoms with van der Waals surface area (Å²) in [6, 6.07) is 18.2. The molecule has 3 aromatic carbocycles. The smallest absolute Gasteiger partial charge is 0.264 e. The van der Waals surface area contributed by atoms with Crippen LogP contribution in [0.2, 0.25) is 5.02 Å². The van der Waals surface area contributed by atoms with E-state index in [0.717, 1.165) is 23.6 Å². The van der Waals surface area contributed by atoms with E-state index in [2.05, 4.69) is 5.32 Å². The second-order valence-electron chi connectivity index (χ2n) is 9.30. The molecule has 1 heterocycles. The zero-order valence-electron chi connectivity index (χ0n) is 22.5. The quantitative estimate of drug-likeness (QED) is 0.304. The summed E-state index contributed by atoms with van der Waals surface area (Å²) in [5.41, 5.74) is 0.274. The topological polar surface area (TPSA) is 122 Å². The van der Waals surface area contributed by atoms with E-state index in [1.807, 2.05) is 0 Å². The van der Waals surface area contributed by atoms with Gasteiger partial charge in [0, 0.05) is 18.1 Å². The SMILES string of the molecule is COc1ccc(S(=O)(=O)N(CC(=O)NCCOc2ccc(S(=O)(=O)N3CCCCC3)cc2)c2ccc(Cl)cc2)cc1. The fraction of sp³-hybridized carbons (Fsp3) is 0.321. The summed E-state index contributed by atoms with van der Waals surface area (Å²) in [6.07, 6.45) is 2.75. The Kier molecular flexibility index (Phi) is 10.1. The van der Waals surface area contributed by atoms with Crippen LogP contribution < -0.4 is 19.1 Å². The lowest BCUT2D eigenvalue weighted by Crippen LogP contribution is -2.41. The zero-order chi connectivity index (χ0) is 29.5. The molecule has 1 fully saturated rings. The lowest BCUT2D eigenvalue weighted by Gasteiger charge is -2.25. The maximum absolute atomic E-state index is 13.5. The molecule has 0 bridgehead atoms. The summed E-state index contributed by atoms with van der Waals surface area (Å²) in [4.78, 5) is 13.0. The number of sulfonamides is 2. The van der Waals surface area contributed by atoms with E-state index in [1.54, 1.807) is 24.3 Å². The number of hydrogen-bond donors (Lipinski definition) is 1. The van der Waals surface area contributed by atoms with Gasteiger partial charge in [0.05, 0.1) is 29.1 Å². The van der Waals surface area contributed by atoms with Gasteiger partial charge in [0.15, 0.2) is 0 Å². The van der Waals surface area contributed by atoms with Crippen LogP contribution in [-0.4, -0.2) is 66.9 Å². The van der Waals surface area contributed by atoms with E-state index in [9.17, 15) is 21.6 Å². The molecule has 4 rings (SSSR count). The molecule has 13 heteroatoms. The molecule has 1 amide bonds. The minimum atomic E-state index is -4.10. The largest absolute Gasteiger partial charge is 0.497 e. The summed E-state index contributed by atoms with van der Waals surface area (Å²) >= 11 is 5.98. The maximum atomic E-state index is 13.5. The molecule has 0 saturated carbocycles. The standard InChI is InChI=1S/C28H32ClN3O7S2/c1-38-24-9-13-27(14-10-24)41(36,37)32(23-7-5-22(29)6-8-23)21-28(33)30-17-20-39-25-11-15-26(16-12-25)40(34,35)31-18-3-2-4-19-31/h5-16H,2-4,17-21H2,1H3,(H,30,33). The Balaban J connectivity index is 1.35.